The maximum absolute atomic E-state index is 8.63. The number of nitrogens with one attached hydrogen (secondary N) is 2. The molecule has 0 spiro atoms. The Labute approximate surface area is 140 Å². The summed E-state index contributed by atoms with van der Waals surface area (Å²) in [5.74, 6) is 0.767. The first-order valence-corrected chi connectivity index (χ1v) is 7.38. The van der Waals surface area contributed by atoms with Gasteiger partial charge in [-0.2, -0.15) is 15.6 Å². The second-order valence-electron chi connectivity index (χ2n) is 4.62. The minimum Gasteiger partial charge on any atom is -0.338 e. The van der Waals surface area contributed by atoms with Crippen molar-refractivity contribution in [3.8, 4) is 23.5 Å². The van der Waals surface area contributed by atoms with Crippen LogP contribution in [0.4, 0.5) is 5.69 Å². The van der Waals surface area contributed by atoms with Crippen LogP contribution in [0.3, 0.4) is 0 Å². The Hall–Kier alpha value is -3.16. The summed E-state index contributed by atoms with van der Waals surface area (Å²) in [6, 6.07) is 16.6. The Balaban J connectivity index is 1.85. The fourth-order valence-corrected chi connectivity index (χ4v) is 2.38. The van der Waals surface area contributed by atoms with Crippen LogP contribution in [0.2, 0.25) is 0 Å². The average molecular weight is 365 g/mol. The lowest BCUT2D eigenvalue weighted by Gasteiger charge is -2.01. The first kappa shape index (κ1) is 14.8. The average Bonchev–Trinajstić information content (AvgIpc) is 2.99. The second kappa shape index (κ2) is 6.30. The minimum absolute atomic E-state index is 0.225. The number of hydrazone groups is 1. The molecule has 0 bridgehead atoms. The number of anilines is 1. The molecule has 23 heavy (non-hydrogen) atoms. The number of halogens is 1. The minimum atomic E-state index is -0.225. The first-order valence-electron chi connectivity index (χ1n) is 6.59. The molecule has 0 atom stereocenters. The van der Waals surface area contributed by atoms with E-state index in [9.17, 15) is 0 Å². The number of H-pyrrole nitrogens is 1. The highest BCUT2D eigenvalue weighted by Gasteiger charge is 2.05. The van der Waals surface area contributed by atoms with Gasteiger partial charge in [0, 0.05) is 10.0 Å². The number of rotatable bonds is 3. The van der Waals surface area contributed by atoms with Crippen molar-refractivity contribution in [2.45, 2.75) is 0 Å². The van der Waals surface area contributed by atoms with Crippen molar-refractivity contribution in [3.05, 3.63) is 46.9 Å². The van der Waals surface area contributed by atoms with Crippen LogP contribution in [-0.4, -0.2) is 15.7 Å². The maximum Gasteiger partial charge on any atom is 0.237 e. The maximum atomic E-state index is 8.63. The summed E-state index contributed by atoms with van der Waals surface area (Å²) < 4.78 is 0.989. The van der Waals surface area contributed by atoms with Crippen LogP contribution in [0.1, 0.15) is 0 Å². The van der Waals surface area contributed by atoms with Crippen LogP contribution in [0, 0.1) is 22.7 Å². The van der Waals surface area contributed by atoms with Crippen molar-refractivity contribution in [2.75, 3.05) is 5.43 Å². The molecule has 0 aliphatic rings. The summed E-state index contributed by atoms with van der Waals surface area (Å²) in [7, 11) is 0. The van der Waals surface area contributed by atoms with Crippen molar-refractivity contribution in [1.82, 2.24) is 9.97 Å². The van der Waals surface area contributed by atoms with Crippen LogP contribution in [0.25, 0.3) is 22.4 Å². The van der Waals surface area contributed by atoms with Gasteiger partial charge in [-0.25, -0.2) is 4.98 Å². The molecule has 0 saturated heterocycles. The van der Waals surface area contributed by atoms with Gasteiger partial charge < -0.3 is 4.98 Å². The molecule has 2 N–H and O–H groups in total. The summed E-state index contributed by atoms with van der Waals surface area (Å²) in [5, 5.41) is 20.9. The Morgan fingerprint density at radius 2 is 1.87 bits per heavy atom. The summed E-state index contributed by atoms with van der Waals surface area (Å²) >= 11 is 3.43. The van der Waals surface area contributed by atoms with Crippen LogP contribution in [-0.2, 0) is 0 Å². The molecule has 6 nitrogen and oxygen atoms in total. The number of imidazole rings is 1. The lowest BCUT2D eigenvalue weighted by molar-refractivity contribution is 1.32. The second-order valence-corrected chi connectivity index (χ2v) is 5.54. The van der Waals surface area contributed by atoms with E-state index in [0.29, 0.717) is 5.69 Å². The molecular formula is C16H9BrN6. The largest absolute Gasteiger partial charge is 0.338 e. The molecule has 110 valence electrons. The van der Waals surface area contributed by atoms with Gasteiger partial charge in [-0.1, -0.05) is 15.9 Å². The zero-order valence-electron chi connectivity index (χ0n) is 11.7. The van der Waals surface area contributed by atoms with Crippen LogP contribution in [0.15, 0.2) is 52.0 Å². The van der Waals surface area contributed by atoms with E-state index >= 15 is 0 Å². The molecule has 0 amide bonds. The van der Waals surface area contributed by atoms with Gasteiger partial charge in [0.2, 0.25) is 5.71 Å². The summed E-state index contributed by atoms with van der Waals surface area (Å²) in [6.07, 6.45) is 0. The molecule has 3 aromatic rings. The van der Waals surface area contributed by atoms with Gasteiger partial charge in [0.25, 0.3) is 0 Å². The van der Waals surface area contributed by atoms with E-state index in [2.05, 4.69) is 36.4 Å². The standard InChI is InChI=1S/C16H9BrN6/c17-11-3-6-14-15(7-11)21-16(20-14)10-1-4-12(5-2-10)22-23-13(8-18)9-19/h1-7,22H,(H,20,21). The summed E-state index contributed by atoms with van der Waals surface area (Å²) in [5.41, 5.74) is 5.88. The van der Waals surface area contributed by atoms with Gasteiger partial charge >= 0.3 is 0 Å². The Morgan fingerprint density at radius 1 is 1.13 bits per heavy atom. The molecule has 0 aliphatic carbocycles. The molecule has 1 aromatic heterocycles. The van der Waals surface area contributed by atoms with E-state index in [4.69, 9.17) is 10.5 Å². The fourth-order valence-electron chi connectivity index (χ4n) is 2.02. The third-order valence-corrected chi connectivity index (χ3v) is 3.60. The number of benzene rings is 2. The number of fused-ring (bicyclic) bond motifs is 1. The van der Waals surface area contributed by atoms with Gasteiger partial charge in [0.15, 0.2) is 0 Å². The number of hydrogen-bond acceptors (Lipinski definition) is 5. The van der Waals surface area contributed by atoms with E-state index in [1.54, 1.807) is 24.3 Å². The predicted octanol–water partition coefficient (Wildman–Crippen LogP) is 3.81. The Kier molecular flexibility index (Phi) is 4.05. The van der Waals surface area contributed by atoms with Gasteiger partial charge in [-0.05, 0) is 42.5 Å². The SMILES string of the molecule is N#CC(C#N)=NNc1ccc(-c2nc3ccc(Br)cc3[nH]2)cc1. The van der Waals surface area contributed by atoms with Crippen molar-refractivity contribution in [3.63, 3.8) is 0 Å². The summed E-state index contributed by atoms with van der Waals surface area (Å²) in [4.78, 5) is 7.81. The smallest absolute Gasteiger partial charge is 0.237 e. The number of aromatic nitrogens is 2. The van der Waals surface area contributed by atoms with Gasteiger partial charge in [-0.15, -0.1) is 0 Å². The molecule has 0 radical (unpaired) electrons. The van der Waals surface area contributed by atoms with Crippen molar-refractivity contribution >= 4 is 38.4 Å². The first-order chi connectivity index (χ1) is 11.2. The Morgan fingerprint density at radius 3 is 2.57 bits per heavy atom. The highest BCUT2D eigenvalue weighted by molar-refractivity contribution is 9.10. The van der Waals surface area contributed by atoms with Gasteiger partial charge in [0.1, 0.15) is 18.0 Å². The quantitative estimate of drug-likeness (QED) is 0.544. The van der Waals surface area contributed by atoms with Crippen molar-refractivity contribution < 1.29 is 0 Å². The van der Waals surface area contributed by atoms with Gasteiger partial charge in [-0.3, -0.25) is 5.43 Å². The van der Waals surface area contributed by atoms with Crippen molar-refractivity contribution in [2.24, 2.45) is 5.10 Å². The van der Waals surface area contributed by atoms with E-state index in [1.807, 2.05) is 30.3 Å². The van der Waals surface area contributed by atoms with Gasteiger partial charge in [0.05, 0.1) is 16.7 Å². The molecule has 1 heterocycles. The van der Waals surface area contributed by atoms with Crippen molar-refractivity contribution in [1.29, 1.82) is 10.5 Å². The zero-order valence-corrected chi connectivity index (χ0v) is 13.3. The van der Waals surface area contributed by atoms with Crippen LogP contribution < -0.4 is 5.43 Å². The normalized spacial score (nSPS) is 9.87. The molecule has 7 heteroatoms. The van der Waals surface area contributed by atoms with E-state index < -0.39 is 0 Å². The molecule has 3 rings (SSSR count). The topological polar surface area (TPSA) is 101 Å². The molecular weight excluding hydrogens is 356 g/mol. The van der Waals surface area contributed by atoms with E-state index in [1.165, 1.54) is 0 Å². The highest BCUT2D eigenvalue weighted by atomic mass is 79.9. The number of nitrogens with zero attached hydrogens (tertiary/aromatic N) is 4. The lowest BCUT2D eigenvalue weighted by Crippen LogP contribution is -1.96. The fraction of sp³-hybridized carbons (Fsp3) is 0. The molecule has 2 aromatic carbocycles. The Bertz CT molecular complexity index is 956. The summed E-state index contributed by atoms with van der Waals surface area (Å²) in [6.45, 7) is 0. The number of nitriles is 2. The van der Waals surface area contributed by atoms with E-state index in [-0.39, 0.29) is 5.71 Å². The molecule has 0 saturated carbocycles. The predicted molar refractivity (Wildman–Crippen MR) is 91.5 cm³/mol. The molecule has 0 aliphatic heterocycles. The lowest BCUT2D eigenvalue weighted by atomic mass is 10.2. The third kappa shape index (κ3) is 3.20. The third-order valence-electron chi connectivity index (χ3n) is 3.11. The molecule has 0 fully saturated rings. The highest BCUT2D eigenvalue weighted by Crippen LogP contribution is 2.24. The van der Waals surface area contributed by atoms with E-state index in [0.717, 1.165) is 26.9 Å². The van der Waals surface area contributed by atoms with Crippen LogP contribution in [0.5, 0.6) is 0 Å². The monoisotopic (exact) mass is 364 g/mol. The number of aromatic amines is 1. The van der Waals surface area contributed by atoms with Crippen LogP contribution >= 0.6 is 15.9 Å². The number of hydrogen-bond donors (Lipinski definition) is 2. The molecule has 0 unspecified atom stereocenters. The zero-order chi connectivity index (χ0) is 16.2.